The fraction of sp³-hybridized carbons (Fsp3) is 0.100. The van der Waals surface area contributed by atoms with Gasteiger partial charge in [-0.05, 0) is 42.5 Å². The van der Waals surface area contributed by atoms with E-state index in [1.54, 1.807) is 36.4 Å². The van der Waals surface area contributed by atoms with Crippen LogP contribution in [0, 0.1) is 0 Å². The van der Waals surface area contributed by atoms with Crippen molar-refractivity contribution < 1.29 is 18.7 Å². The van der Waals surface area contributed by atoms with Crippen LogP contribution < -0.4 is 10.1 Å². The molecule has 0 radical (unpaired) electrons. The minimum absolute atomic E-state index is 0.124. The number of imidazole rings is 1. The molecule has 2 heterocycles. The molecule has 0 unspecified atom stereocenters. The summed E-state index contributed by atoms with van der Waals surface area (Å²) in [6, 6.07) is 29.7. The highest BCUT2D eigenvalue weighted by Gasteiger charge is 2.22. The molecule has 3 aromatic carbocycles. The van der Waals surface area contributed by atoms with E-state index >= 15 is 0 Å². The number of carbonyl (C=O) groups excluding carboxylic acids is 2. The van der Waals surface area contributed by atoms with Gasteiger partial charge in [0.15, 0.2) is 0 Å². The number of ether oxygens (including phenoxy) is 1. The van der Waals surface area contributed by atoms with Crippen LogP contribution >= 0.6 is 0 Å². The van der Waals surface area contributed by atoms with E-state index in [4.69, 9.17) is 14.1 Å². The zero-order valence-corrected chi connectivity index (χ0v) is 20.8. The lowest BCUT2D eigenvalue weighted by Gasteiger charge is -2.21. The van der Waals surface area contributed by atoms with Crippen molar-refractivity contribution >= 4 is 17.8 Å². The maximum absolute atomic E-state index is 13.4. The SMILES string of the molecule is COc1cccc(C(=O)N(CC(=O)Nc2nc(-c3ccccc3)cn2-c2ccccc2)Cc2ccco2)c1. The van der Waals surface area contributed by atoms with Crippen molar-refractivity contribution in [3.05, 3.63) is 121 Å². The average molecular weight is 507 g/mol. The summed E-state index contributed by atoms with van der Waals surface area (Å²) in [4.78, 5) is 32.9. The van der Waals surface area contributed by atoms with Gasteiger partial charge in [0.2, 0.25) is 11.9 Å². The molecule has 0 aliphatic carbocycles. The zero-order valence-electron chi connectivity index (χ0n) is 20.8. The fourth-order valence-corrected chi connectivity index (χ4v) is 4.07. The van der Waals surface area contributed by atoms with Gasteiger partial charge in [0.1, 0.15) is 18.1 Å². The molecule has 5 aromatic rings. The number of anilines is 1. The first-order chi connectivity index (χ1) is 18.6. The summed E-state index contributed by atoms with van der Waals surface area (Å²) in [5, 5.41) is 2.90. The van der Waals surface area contributed by atoms with Crippen molar-refractivity contribution in [3.8, 4) is 22.7 Å². The molecule has 5 rings (SSSR count). The minimum Gasteiger partial charge on any atom is -0.497 e. The second-order valence-electron chi connectivity index (χ2n) is 8.54. The molecule has 8 nitrogen and oxygen atoms in total. The Labute approximate surface area is 220 Å². The summed E-state index contributed by atoms with van der Waals surface area (Å²) < 4.78 is 12.5. The second kappa shape index (κ2) is 11.3. The number of nitrogens with zero attached hydrogens (tertiary/aromatic N) is 3. The Morgan fingerprint density at radius 1 is 0.947 bits per heavy atom. The smallest absolute Gasteiger partial charge is 0.254 e. The van der Waals surface area contributed by atoms with Gasteiger partial charge in [0, 0.05) is 23.0 Å². The predicted octanol–water partition coefficient (Wildman–Crippen LogP) is 5.42. The maximum atomic E-state index is 13.4. The van der Waals surface area contributed by atoms with Gasteiger partial charge in [-0.1, -0.05) is 54.6 Å². The molecule has 2 aromatic heterocycles. The fourth-order valence-electron chi connectivity index (χ4n) is 4.07. The van der Waals surface area contributed by atoms with Gasteiger partial charge in [-0.25, -0.2) is 4.98 Å². The van der Waals surface area contributed by atoms with Gasteiger partial charge in [-0.2, -0.15) is 0 Å². The van der Waals surface area contributed by atoms with Crippen LogP contribution in [-0.2, 0) is 11.3 Å². The summed E-state index contributed by atoms with van der Waals surface area (Å²) in [7, 11) is 1.54. The lowest BCUT2D eigenvalue weighted by Crippen LogP contribution is -2.37. The number of rotatable bonds is 9. The van der Waals surface area contributed by atoms with E-state index in [9.17, 15) is 9.59 Å². The van der Waals surface area contributed by atoms with E-state index in [1.807, 2.05) is 71.4 Å². The number of methoxy groups -OCH3 is 1. The van der Waals surface area contributed by atoms with Gasteiger partial charge in [0.25, 0.3) is 5.91 Å². The van der Waals surface area contributed by atoms with Crippen molar-refractivity contribution in [3.63, 3.8) is 0 Å². The largest absolute Gasteiger partial charge is 0.497 e. The molecular weight excluding hydrogens is 480 g/mol. The number of carbonyl (C=O) groups is 2. The van der Waals surface area contributed by atoms with Crippen molar-refractivity contribution in [1.82, 2.24) is 14.5 Å². The zero-order chi connectivity index (χ0) is 26.3. The van der Waals surface area contributed by atoms with E-state index in [0.29, 0.717) is 28.7 Å². The van der Waals surface area contributed by atoms with Crippen LogP contribution in [0.25, 0.3) is 16.9 Å². The first-order valence-corrected chi connectivity index (χ1v) is 12.1. The van der Waals surface area contributed by atoms with Crippen molar-refractivity contribution in [2.45, 2.75) is 6.54 Å². The molecule has 1 N–H and O–H groups in total. The normalized spacial score (nSPS) is 10.7. The third-order valence-corrected chi connectivity index (χ3v) is 5.93. The third-order valence-electron chi connectivity index (χ3n) is 5.93. The van der Waals surface area contributed by atoms with Crippen LogP contribution in [0.3, 0.4) is 0 Å². The number of benzene rings is 3. The topological polar surface area (TPSA) is 89.6 Å². The Morgan fingerprint density at radius 3 is 2.42 bits per heavy atom. The van der Waals surface area contributed by atoms with Crippen molar-refractivity contribution in [2.75, 3.05) is 19.0 Å². The number of para-hydroxylation sites is 1. The highest BCUT2D eigenvalue weighted by molar-refractivity contribution is 5.99. The van der Waals surface area contributed by atoms with E-state index in [1.165, 1.54) is 18.3 Å². The van der Waals surface area contributed by atoms with Crippen molar-refractivity contribution in [1.29, 1.82) is 0 Å². The van der Waals surface area contributed by atoms with Gasteiger partial charge in [0.05, 0.1) is 25.6 Å². The summed E-state index contributed by atoms with van der Waals surface area (Å²) >= 11 is 0. The minimum atomic E-state index is -0.393. The predicted molar refractivity (Wildman–Crippen MR) is 144 cm³/mol. The lowest BCUT2D eigenvalue weighted by molar-refractivity contribution is -0.117. The molecular formula is C30H26N4O4. The molecule has 2 amide bonds. The molecule has 0 fully saturated rings. The Bertz CT molecular complexity index is 1510. The summed E-state index contributed by atoms with van der Waals surface area (Å²) in [6.45, 7) is -0.0854. The number of nitrogens with one attached hydrogen (secondary N) is 1. The molecule has 0 saturated heterocycles. The molecule has 190 valence electrons. The van der Waals surface area contributed by atoms with Gasteiger partial charge >= 0.3 is 0 Å². The summed E-state index contributed by atoms with van der Waals surface area (Å²) in [5.74, 6) is 0.747. The second-order valence-corrected chi connectivity index (χ2v) is 8.54. The highest BCUT2D eigenvalue weighted by Crippen LogP contribution is 2.24. The molecule has 0 bridgehead atoms. The van der Waals surface area contributed by atoms with Crippen LogP contribution in [-0.4, -0.2) is 39.9 Å². The summed E-state index contributed by atoms with van der Waals surface area (Å²) in [5.41, 5.74) is 2.88. The van der Waals surface area contributed by atoms with Gasteiger partial charge < -0.3 is 14.1 Å². The first-order valence-electron chi connectivity index (χ1n) is 12.1. The molecule has 0 spiro atoms. The Morgan fingerprint density at radius 2 is 1.71 bits per heavy atom. The van der Waals surface area contributed by atoms with E-state index in [0.717, 1.165) is 11.3 Å². The molecule has 0 aliphatic heterocycles. The van der Waals surface area contributed by atoms with Crippen LogP contribution in [0.2, 0.25) is 0 Å². The number of aromatic nitrogens is 2. The Hall–Kier alpha value is -5.11. The van der Waals surface area contributed by atoms with Crippen LogP contribution in [0.5, 0.6) is 5.75 Å². The van der Waals surface area contributed by atoms with Gasteiger partial charge in [-0.3, -0.25) is 19.5 Å². The maximum Gasteiger partial charge on any atom is 0.254 e. The Balaban J connectivity index is 1.42. The highest BCUT2D eigenvalue weighted by atomic mass is 16.5. The monoisotopic (exact) mass is 506 g/mol. The molecule has 8 heteroatoms. The van der Waals surface area contributed by atoms with E-state index in [-0.39, 0.29) is 19.0 Å². The number of furan rings is 1. The average Bonchev–Trinajstić information content (AvgIpc) is 3.63. The quantitative estimate of drug-likeness (QED) is 0.288. The van der Waals surface area contributed by atoms with E-state index in [2.05, 4.69) is 5.32 Å². The number of hydrogen-bond donors (Lipinski definition) is 1. The first kappa shape index (κ1) is 24.6. The lowest BCUT2D eigenvalue weighted by atomic mass is 10.2. The van der Waals surface area contributed by atoms with Crippen LogP contribution in [0.1, 0.15) is 16.1 Å². The molecule has 0 aliphatic rings. The van der Waals surface area contributed by atoms with Gasteiger partial charge in [-0.15, -0.1) is 0 Å². The van der Waals surface area contributed by atoms with E-state index < -0.39 is 5.91 Å². The third kappa shape index (κ3) is 5.65. The summed E-state index contributed by atoms with van der Waals surface area (Å²) in [6.07, 6.45) is 3.41. The Kier molecular flexibility index (Phi) is 7.31. The standard InChI is InChI=1S/C30H26N4O4/c1-37-25-15-8-12-23(18-25)29(36)33(19-26-16-9-17-38-26)21-28(35)32-30-31-27(22-10-4-2-5-11-22)20-34(30)24-13-6-3-7-14-24/h2-18,20H,19,21H2,1H3,(H,31,32,35). The molecule has 0 atom stereocenters. The van der Waals surface area contributed by atoms with Crippen molar-refractivity contribution in [2.24, 2.45) is 0 Å². The van der Waals surface area contributed by atoms with Crippen LogP contribution in [0.15, 0.2) is 114 Å². The molecule has 0 saturated carbocycles. The number of amides is 2. The molecule has 38 heavy (non-hydrogen) atoms. The van der Waals surface area contributed by atoms with Crippen LogP contribution in [0.4, 0.5) is 5.95 Å². The number of hydrogen-bond acceptors (Lipinski definition) is 5.